The molecular formula is C18H22FN. The minimum Gasteiger partial charge on any atom is -0.376 e. The molecule has 20 heavy (non-hydrogen) atoms. The van der Waals surface area contributed by atoms with E-state index in [0.717, 1.165) is 11.1 Å². The number of hydrogen-bond donors (Lipinski definition) is 1. The molecular weight excluding hydrogens is 249 g/mol. The van der Waals surface area contributed by atoms with Gasteiger partial charge in [0.05, 0.1) is 5.69 Å². The van der Waals surface area contributed by atoms with Crippen LogP contribution in [-0.4, -0.2) is 0 Å². The minimum atomic E-state index is -0.207. The van der Waals surface area contributed by atoms with Crippen LogP contribution in [0.2, 0.25) is 0 Å². The molecule has 106 valence electrons. The summed E-state index contributed by atoms with van der Waals surface area (Å²) in [4.78, 5) is 0. The normalized spacial score (nSPS) is 12.5. The second-order valence-corrected chi connectivity index (χ2v) is 5.67. The van der Waals surface area contributed by atoms with Crippen LogP contribution in [0, 0.1) is 12.7 Å². The summed E-state index contributed by atoms with van der Waals surface area (Å²) in [5.74, 6) is 0.322. The third-order valence-corrected chi connectivity index (χ3v) is 3.60. The van der Waals surface area contributed by atoms with Gasteiger partial charge < -0.3 is 5.32 Å². The second-order valence-electron chi connectivity index (χ2n) is 5.67. The number of rotatable bonds is 4. The van der Waals surface area contributed by atoms with Crippen LogP contribution in [0.1, 0.15) is 49.4 Å². The molecule has 0 aliphatic carbocycles. The molecule has 0 saturated heterocycles. The fraction of sp³-hybridized carbons (Fsp3) is 0.333. The summed E-state index contributed by atoms with van der Waals surface area (Å²) in [5.41, 5.74) is 4.10. The molecule has 2 heteroatoms. The number of nitrogens with one attached hydrogen (secondary N) is 1. The molecule has 1 unspecified atom stereocenters. The Bertz CT molecular complexity index is 572. The van der Waals surface area contributed by atoms with Gasteiger partial charge in [-0.05, 0) is 48.6 Å². The van der Waals surface area contributed by atoms with E-state index >= 15 is 0 Å². The predicted octanol–water partition coefficient (Wildman–Crippen LogP) is 5.43. The van der Waals surface area contributed by atoms with Crippen molar-refractivity contribution in [3.63, 3.8) is 0 Å². The Morgan fingerprint density at radius 2 is 1.50 bits per heavy atom. The highest BCUT2D eigenvalue weighted by atomic mass is 19.1. The molecule has 0 aromatic heterocycles. The number of halogens is 1. The lowest BCUT2D eigenvalue weighted by molar-refractivity contribution is 0.627. The second kappa shape index (κ2) is 6.08. The summed E-state index contributed by atoms with van der Waals surface area (Å²) in [6.07, 6.45) is 0. The molecule has 0 saturated carbocycles. The Morgan fingerprint density at radius 1 is 0.900 bits per heavy atom. The van der Waals surface area contributed by atoms with Crippen molar-refractivity contribution in [2.75, 3.05) is 5.32 Å². The molecule has 0 heterocycles. The zero-order valence-electron chi connectivity index (χ0n) is 12.6. The van der Waals surface area contributed by atoms with Crippen LogP contribution in [0.25, 0.3) is 0 Å². The first-order valence-corrected chi connectivity index (χ1v) is 7.10. The first-order valence-electron chi connectivity index (χ1n) is 7.10. The maximum absolute atomic E-state index is 13.8. The van der Waals surface area contributed by atoms with Gasteiger partial charge in [-0.25, -0.2) is 4.39 Å². The van der Waals surface area contributed by atoms with E-state index in [0.29, 0.717) is 11.6 Å². The van der Waals surface area contributed by atoms with E-state index in [9.17, 15) is 4.39 Å². The van der Waals surface area contributed by atoms with Gasteiger partial charge in [0, 0.05) is 6.04 Å². The standard InChI is InChI=1S/C18H22FN/c1-12(2)15-6-8-16(9-7-15)14(4)20-18-11-13(3)5-10-17(18)19/h5-12,14,20H,1-4H3. The molecule has 1 nitrogen and oxygen atoms in total. The first-order chi connectivity index (χ1) is 9.47. The molecule has 1 atom stereocenters. The van der Waals surface area contributed by atoms with Crippen LogP contribution < -0.4 is 5.32 Å². The fourth-order valence-corrected chi connectivity index (χ4v) is 2.24. The van der Waals surface area contributed by atoms with Crippen molar-refractivity contribution in [3.8, 4) is 0 Å². The Kier molecular flexibility index (Phi) is 4.43. The van der Waals surface area contributed by atoms with E-state index in [1.807, 2.05) is 19.9 Å². The van der Waals surface area contributed by atoms with Crippen molar-refractivity contribution in [3.05, 3.63) is 65.0 Å². The predicted molar refractivity (Wildman–Crippen MR) is 83.7 cm³/mol. The van der Waals surface area contributed by atoms with E-state index in [1.165, 1.54) is 11.6 Å². The van der Waals surface area contributed by atoms with Crippen LogP contribution in [0.15, 0.2) is 42.5 Å². The molecule has 0 fully saturated rings. The summed E-state index contributed by atoms with van der Waals surface area (Å²) in [6, 6.07) is 13.7. The van der Waals surface area contributed by atoms with Gasteiger partial charge in [0.2, 0.25) is 0 Å². The van der Waals surface area contributed by atoms with Crippen molar-refractivity contribution in [2.24, 2.45) is 0 Å². The van der Waals surface area contributed by atoms with Gasteiger partial charge in [-0.3, -0.25) is 0 Å². The topological polar surface area (TPSA) is 12.0 Å². The molecule has 2 aromatic carbocycles. The molecule has 2 aromatic rings. The van der Waals surface area contributed by atoms with Crippen molar-refractivity contribution in [2.45, 2.75) is 39.7 Å². The van der Waals surface area contributed by atoms with Crippen LogP contribution in [0.3, 0.4) is 0 Å². The number of hydrogen-bond acceptors (Lipinski definition) is 1. The summed E-state index contributed by atoms with van der Waals surface area (Å²) < 4.78 is 13.8. The van der Waals surface area contributed by atoms with E-state index in [-0.39, 0.29) is 11.9 Å². The van der Waals surface area contributed by atoms with Gasteiger partial charge in [0.15, 0.2) is 0 Å². The van der Waals surface area contributed by atoms with Crippen LogP contribution in [0.5, 0.6) is 0 Å². The highest BCUT2D eigenvalue weighted by molar-refractivity contribution is 5.49. The quantitative estimate of drug-likeness (QED) is 0.781. The Balaban J connectivity index is 2.15. The molecule has 0 radical (unpaired) electrons. The summed E-state index contributed by atoms with van der Waals surface area (Å²) >= 11 is 0. The van der Waals surface area contributed by atoms with Gasteiger partial charge in [-0.2, -0.15) is 0 Å². The van der Waals surface area contributed by atoms with Gasteiger partial charge in [-0.15, -0.1) is 0 Å². The summed E-state index contributed by atoms with van der Waals surface area (Å²) in [6.45, 7) is 8.37. The monoisotopic (exact) mass is 271 g/mol. The molecule has 0 bridgehead atoms. The van der Waals surface area contributed by atoms with E-state index in [1.54, 1.807) is 6.07 Å². The maximum Gasteiger partial charge on any atom is 0.146 e. The van der Waals surface area contributed by atoms with Crippen molar-refractivity contribution >= 4 is 5.69 Å². The third kappa shape index (κ3) is 3.38. The SMILES string of the molecule is Cc1ccc(F)c(NC(C)c2ccc(C(C)C)cc2)c1. The number of benzene rings is 2. The summed E-state index contributed by atoms with van der Waals surface area (Å²) in [5, 5.41) is 3.24. The van der Waals surface area contributed by atoms with Crippen molar-refractivity contribution in [1.82, 2.24) is 0 Å². The van der Waals surface area contributed by atoms with Crippen LogP contribution >= 0.6 is 0 Å². The minimum absolute atomic E-state index is 0.0764. The molecule has 0 spiro atoms. The van der Waals surface area contributed by atoms with Gasteiger partial charge >= 0.3 is 0 Å². The Hall–Kier alpha value is -1.83. The lowest BCUT2D eigenvalue weighted by Gasteiger charge is -2.17. The van der Waals surface area contributed by atoms with Crippen LogP contribution in [-0.2, 0) is 0 Å². The Morgan fingerprint density at radius 3 is 2.10 bits per heavy atom. The number of anilines is 1. The lowest BCUT2D eigenvalue weighted by atomic mass is 9.99. The maximum atomic E-state index is 13.8. The highest BCUT2D eigenvalue weighted by Crippen LogP contribution is 2.24. The van der Waals surface area contributed by atoms with E-state index < -0.39 is 0 Å². The lowest BCUT2D eigenvalue weighted by Crippen LogP contribution is -2.08. The largest absolute Gasteiger partial charge is 0.376 e. The summed E-state index contributed by atoms with van der Waals surface area (Å²) in [7, 11) is 0. The first kappa shape index (κ1) is 14.6. The fourth-order valence-electron chi connectivity index (χ4n) is 2.24. The zero-order chi connectivity index (χ0) is 14.7. The van der Waals surface area contributed by atoms with Crippen molar-refractivity contribution < 1.29 is 4.39 Å². The van der Waals surface area contributed by atoms with E-state index in [2.05, 4.69) is 43.4 Å². The zero-order valence-corrected chi connectivity index (χ0v) is 12.6. The smallest absolute Gasteiger partial charge is 0.146 e. The van der Waals surface area contributed by atoms with Gasteiger partial charge in [-0.1, -0.05) is 44.2 Å². The Labute approximate surface area is 120 Å². The average molecular weight is 271 g/mol. The molecule has 2 rings (SSSR count). The van der Waals surface area contributed by atoms with Crippen LogP contribution in [0.4, 0.5) is 10.1 Å². The average Bonchev–Trinajstić information content (AvgIpc) is 2.43. The van der Waals surface area contributed by atoms with Gasteiger partial charge in [0.1, 0.15) is 5.82 Å². The number of aryl methyl sites for hydroxylation is 1. The highest BCUT2D eigenvalue weighted by Gasteiger charge is 2.09. The third-order valence-electron chi connectivity index (χ3n) is 3.60. The molecule has 0 aliphatic heterocycles. The molecule has 1 N–H and O–H groups in total. The molecule has 0 aliphatic rings. The van der Waals surface area contributed by atoms with Crippen molar-refractivity contribution in [1.29, 1.82) is 0 Å². The van der Waals surface area contributed by atoms with E-state index in [4.69, 9.17) is 0 Å². The van der Waals surface area contributed by atoms with Gasteiger partial charge in [0.25, 0.3) is 0 Å². The molecule has 0 amide bonds.